The Morgan fingerprint density at radius 1 is 1.17 bits per heavy atom. The molecular formula is C25H32N4O3S3. The van der Waals surface area contributed by atoms with Gasteiger partial charge in [0.05, 0.1) is 18.4 Å². The SMILES string of the molecule is CCCc1cc(-c2nnc(SCC(=O)Nc3sc4c(c3C(=O)OC)CCCCC4)n2CCC)cs1. The molecule has 35 heavy (non-hydrogen) atoms. The Bertz CT molecular complexity index is 1180. The first-order valence-corrected chi connectivity index (χ1v) is 14.9. The van der Waals surface area contributed by atoms with Crippen LogP contribution < -0.4 is 5.32 Å². The van der Waals surface area contributed by atoms with Crippen LogP contribution in [0.15, 0.2) is 16.6 Å². The zero-order valence-corrected chi connectivity index (χ0v) is 23.0. The summed E-state index contributed by atoms with van der Waals surface area (Å²) in [6.07, 6.45) is 8.24. The number of thioether (sulfide) groups is 1. The summed E-state index contributed by atoms with van der Waals surface area (Å²) in [6.45, 7) is 5.09. The zero-order valence-electron chi connectivity index (χ0n) is 20.5. The van der Waals surface area contributed by atoms with Gasteiger partial charge in [-0.3, -0.25) is 4.79 Å². The third-order valence-corrected chi connectivity index (χ3v) is 9.14. The number of nitrogens with zero attached hydrogens (tertiary/aromatic N) is 3. The van der Waals surface area contributed by atoms with Crippen LogP contribution in [0.1, 0.15) is 71.6 Å². The number of anilines is 1. The number of esters is 1. The molecule has 1 aliphatic rings. The standard InChI is InChI=1S/C25H32N4O3S3/c1-4-9-17-13-16(14-33-17)22-27-28-25(29(22)12-5-2)34-15-20(30)26-23-21(24(31)32-3)18-10-7-6-8-11-19(18)35-23/h13-14H,4-12,15H2,1-3H3,(H,26,30). The van der Waals surface area contributed by atoms with Crippen molar-refractivity contribution in [1.82, 2.24) is 14.8 Å². The minimum Gasteiger partial charge on any atom is -0.465 e. The summed E-state index contributed by atoms with van der Waals surface area (Å²) in [5.74, 6) is 0.501. The molecule has 0 unspecified atom stereocenters. The van der Waals surface area contributed by atoms with E-state index < -0.39 is 0 Å². The molecule has 0 spiro atoms. The summed E-state index contributed by atoms with van der Waals surface area (Å²) in [5, 5.41) is 15.3. The molecule has 0 saturated heterocycles. The van der Waals surface area contributed by atoms with Gasteiger partial charge < -0.3 is 14.6 Å². The van der Waals surface area contributed by atoms with Gasteiger partial charge in [0.15, 0.2) is 11.0 Å². The van der Waals surface area contributed by atoms with Crippen molar-refractivity contribution in [1.29, 1.82) is 0 Å². The Morgan fingerprint density at radius 3 is 2.77 bits per heavy atom. The molecule has 0 atom stereocenters. The van der Waals surface area contributed by atoms with Crippen LogP contribution in [-0.4, -0.2) is 39.5 Å². The van der Waals surface area contributed by atoms with Crippen molar-refractivity contribution in [2.45, 2.75) is 76.9 Å². The number of aryl methyl sites for hydroxylation is 2. The molecule has 0 radical (unpaired) electrons. The van der Waals surface area contributed by atoms with Crippen molar-refractivity contribution in [2.75, 3.05) is 18.2 Å². The Balaban J connectivity index is 1.48. The highest BCUT2D eigenvalue weighted by Crippen LogP contribution is 2.38. The fourth-order valence-electron chi connectivity index (χ4n) is 4.35. The molecule has 3 heterocycles. The van der Waals surface area contributed by atoms with Gasteiger partial charge in [-0.1, -0.05) is 38.5 Å². The number of methoxy groups -OCH3 is 1. The Labute approximate surface area is 218 Å². The van der Waals surface area contributed by atoms with E-state index >= 15 is 0 Å². The molecule has 3 aromatic heterocycles. The number of ether oxygens (including phenoxy) is 1. The summed E-state index contributed by atoms with van der Waals surface area (Å²) in [5.41, 5.74) is 2.66. The van der Waals surface area contributed by atoms with Crippen LogP contribution in [0.3, 0.4) is 0 Å². The van der Waals surface area contributed by atoms with Crippen LogP contribution in [0.25, 0.3) is 11.4 Å². The van der Waals surface area contributed by atoms with Gasteiger partial charge in [0.25, 0.3) is 0 Å². The second kappa shape index (κ2) is 12.2. The number of thiophene rings is 2. The number of carbonyl (C=O) groups excluding carboxylic acids is 2. The van der Waals surface area contributed by atoms with Crippen LogP contribution in [0.2, 0.25) is 0 Å². The molecule has 1 aliphatic carbocycles. The normalized spacial score (nSPS) is 13.3. The minimum atomic E-state index is -0.377. The van der Waals surface area contributed by atoms with E-state index in [1.54, 1.807) is 11.3 Å². The Kier molecular flexibility index (Phi) is 9.02. The highest BCUT2D eigenvalue weighted by molar-refractivity contribution is 7.99. The molecule has 1 amide bonds. The lowest BCUT2D eigenvalue weighted by Crippen LogP contribution is -2.16. The Hall–Kier alpha value is -2.17. The van der Waals surface area contributed by atoms with Gasteiger partial charge >= 0.3 is 5.97 Å². The number of hydrogen-bond donors (Lipinski definition) is 1. The molecule has 3 aromatic rings. The van der Waals surface area contributed by atoms with E-state index in [9.17, 15) is 9.59 Å². The molecule has 7 nitrogen and oxygen atoms in total. The van der Waals surface area contributed by atoms with Crippen molar-refractivity contribution >= 4 is 51.3 Å². The maximum absolute atomic E-state index is 12.9. The maximum atomic E-state index is 12.9. The van der Waals surface area contributed by atoms with Gasteiger partial charge in [-0.2, -0.15) is 0 Å². The molecule has 0 aromatic carbocycles. The minimum absolute atomic E-state index is 0.162. The fraction of sp³-hybridized carbons (Fsp3) is 0.520. The zero-order chi connectivity index (χ0) is 24.8. The second-order valence-electron chi connectivity index (χ2n) is 8.61. The maximum Gasteiger partial charge on any atom is 0.341 e. The van der Waals surface area contributed by atoms with E-state index in [0.29, 0.717) is 10.6 Å². The number of fused-ring (bicyclic) bond motifs is 1. The Morgan fingerprint density at radius 2 is 2.00 bits per heavy atom. The van der Waals surface area contributed by atoms with Crippen molar-refractivity contribution in [2.24, 2.45) is 0 Å². The fourth-order valence-corrected chi connectivity index (χ4v) is 7.38. The van der Waals surface area contributed by atoms with Crippen LogP contribution in [0.4, 0.5) is 5.00 Å². The molecule has 10 heteroatoms. The molecule has 0 bridgehead atoms. The van der Waals surface area contributed by atoms with Gasteiger partial charge in [-0.25, -0.2) is 4.79 Å². The monoisotopic (exact) mass is 532 g/mol. The quantitative estimate of drug-likeness (QED) is 0.190. The summed E-state index contributed by atoms with van der Waals surface area (Å²) in [4.78, 5) is 28.0. The average molecular weight is 533 g/mol. The van der Waals surface area contributed by atoms with E-state index in [-0.39, 0.29) is 17.6 Å². The first kappa shape index (κ1) is 25.9. The lowest BCUT2D eigenvalue weighted by Gasteiger charge is -2.09. The molecule has 4 rings (SSSR count). The van der Waals surface area contributed by atoms with Gasteiger partial charge in [0, 0.05) is 27.2 Å². The van der Waals surface area contributed by atoms with E-state index in [4.69, 9.17) is 4.74 Å². The van der Waals surface area contributed by atoms with E-state index in [1.165, 1.54) is 40.0 Å². The average Bonchev–Trinajstić information content (AvgIpc) is 3.51. The second-order valence-corrected chi connectivity index (χ2v) is 11.6. The lowest BCUT2D eigenvalue weighted by atomic mass is 10.1. The summed E-state index contributed by atoms with van der Waals surface area (Å²) in [6, 6.07) is 2.20. The van der Waals surface area contributed by atoms with Crippen molar-refractivity contribution < 1.29 is 14.3 Å². The van der Waals surface area contributed by atoms with Gasteiger partial charge in [0.2, 0.25) is 5.91 Å². The predicted molar refractivity (Wildman–Crippen MR) is 144 cm³/mol. The highest BCUT2D eigenvalue weighted by Gasteiger charge is 2.26. The highest BCUT2D eigenvalue weighted by atomic mass is 32.2. The van der Waals surface area contributed by atoms with Gasteiger partial charge in [-0.15, -0.1) is 32.9 Å². The van der Waals surface area contributed by atoms with Crippen molar-refractivity contribution in [3.63, 3.8) is 0 Å². The van der Waals surface area contributed by atoms with Crippen LogP contribution in [0, 0.1) is 0 Å². The van der Waals surface area contributed by atoms with Crippen molar-refractivity contribution in [3.05, 3.63) is 32.3 Å². The van der Waals surface area contributed by atoms with E-state index in [0.717, 1.165) is 80.0 Å². The predicted octanol–water partition coefficient (Wildman–Crippen LogP) is 6.22. The van der Waals surface area contributed by atoms with E-state index in [2.05, 4.69) is 45.4 Å². The number of carbonyl (C=O) groups is 2. The molecule has 0 aliphatic heterocycles. The number of hydrogen-bond acceptors (Lipinski definition) is 8. The van der Waals surface area contributed by atoms with Crippen LogP contribution in [-0.2, 0) is 35.3 Å². The topological polar surface area (TPSA) is 86.1 Å². The number of nitrogens with one attached hydrogen (secondary N) is 1. The third kappa shape index (κ3) is 5.98. The largest absolute Gasteiger partial charge is 0.465 e. The first-order valence-electron chi connectivity index (χ1n) is 12.2. The van der Waals surface area contributed by atoms with Crippen LogP contribution >= 0.6 is 34.4 Å². The van der Waals surface area contributed by atoms with Crippen molar-refractivity contribution in [3.8, 4) is 11.4 Å². The summed E-state index contributed by atoms with van der Waals surface area (Å²) >= 11 is 4.64. The first-order chi connectivity index (χ1) is 17.0. The van der Waals surface area contributed by atoms with E-state index in [1.807, 2.05) is 0 Å². The molecule has 0 fully saturated rings. The summed E-state index contributed by atoms with van der Waals surface area (Å²) < 4.78 is 7.15. The number of amides is 1. The molecule has 1 N–H and O–H groups in total. The molecule has 0 saturated carbocycles. The number of aromatic nitrogens is 3. The number of rotatable bonds is 10. The van der Waals surface area contributed by atoms with Gasteiger partial charge in [0.1, 0.15) is 5.00 Å². The van der Waals surface area contributed by atoms with Crippen LogP contribution in [0.5, 0.6) is 0 Å². The smallest absolute Gasteiger partial charge is 0.341 e. The van der Waals surface area contributed by atoms with Gasteiger partial charge in [-0.05, 0) is 50.2 Å². The summed E-state index contributed by atoms with van der Waals surface area (Å²) in [7, 11) is 1.39. The lowest BCUT2D eigenvalue weighted by molar-refractivity contribution is -0.113. The third-order valence-electron chi connectivity index (χ3n) is 5.97. The molecule has 188 valence electrons. The molecular weight excluding hydrogens is 501 g/mol.